The summed E-state index contributed by atoms with van der Waals surface area (Å²) < 4.78 is 5.48. The van der Waals surface area contributed by atoms with Gasteiger partial charge in [-0.05, 0) is 13.3 Å². The Morgan fingerprint density at radius 1 is 1.50 bits per heavy atom. The molecule has 2 unspecified atom stereocenters. The molecule has 0 amide bonds. The van der Waals surface area contributed by atoms with Gasteiger partial charge in [-0.15, -0.1) is 12.3 Å². The molecule has 0 aliphatic heterocycles. The summed E-state index contributed by atoms with van der Waals surface area (Å²) in [5.74, 6) is 2.56. The molecule has 0 aromatic rings. The van der Waals surface area contributed by atoms with Crippen LogP contribution in [0.2, 0.25) is 0 Å². The first-order valence-corrected chi connectivity index (χ1v) is 4.56. The molecule has 0 heterocycles. The Balaban J connectivity index is 3.82. The van der Waals surface area contributed by atoms with E-state index in [0.717, 1.165) is 12.8 Å². The van der Waals surface area contributed by atoms with Gasteiger partial charge in [-0.2, -0.15) is 0 Å². The van der Waals surface area contributed by atoms with E-state index in [2.05, 4.69) is 12.8 Å². The predicted octanol–water partition coefficient (Wildman–Crippen LogP) is 1.54. The van der Waals surface area contributed by atoms with Gasteiger partial charge in [0.1, 0.15) is 0 Å². The molecule has 70 valence electrons. The van der Waals surface area contributed by atoms with Crippen molar-refractivity contribution >= 4 is 0 Å². The van der Waals surface area contributed by atoms with Crippen molar-refractivity contribution in [3.63, 3.8) is 0 Å². The van der Waals surface area contributed by atoms with Gasteiger partial charge in [-0.25, -0.2) is 0 Å². The standard InChI is InChI=1S/C10H19NO/c1-4-7-9(11)10(8-5-2)12-6-3/h1,9-10H,5-8,11H2,2-3H3. The largest absolute Gasteiger partial charge is 0.377 e. The van der Waals surface area contributed by atoms with Crippen molar-refractivity contribution in [2.24, 2.45) is 5.73 Å². The fourth-order valence-corrected chi connectivity index (χ4v) is 1.19. The lowest BCUT2D eigenvalue weighted by Crippen LogP contribution is -2.36. The number of ether oxygens (including phenoxy) is 1. The topological polar surface area (TPSA) is 35.2 Å². The van der Waals surface area contributed by atoms with E-state index in [1.54, 1.807) is 0 Å². The van der Waals surface area contributed by atoms with Gasteiger partial charge in [0.2, 0.25) is 0 Å². The fourth-order valence-electron chi connectivity index (χ4n) is 1.19. The Hall–Kier alpha value is -0.520. The fraction of sp³-hybridized carbons (Fsp3) is 0.800. The first-order valence-electron chi connectivity index (χ1n) is 4.56. The van der Waals surface area contributed by atoms with Crippen LogP contribution in [-0.4, -0.2) is 18.8 Å². The minimum Gasteiger partial charge on any atom is -0.377 e. The molecule has 0 aromatic carbocycles. The van der Waals surface area contributed by atoms with Crippen LogP contribution in [0.5, 0.6) is 0 Å². The Bertz CT molecular complexity index is 133. The summed E-state index contributed by atoms with van der Waals surface area (Å²) in [4.78, 5) is 0. The summed E-state index contributed by atoms with van der Waals surface area (Å²) in [6.07, 6.45) is 7.99. The summed E-state index contributed by atoms with van der Waals surface area (Å²) in [6.45, 7) is 4.81. The third kappa shape index (κ3) is 4.38. The Morgan fingerprint density at radius 3 is 2.58 bits per heavy atom. The number of hydrogen-bond donors (Lipinski definition) is 1. The molecule has 0 aliphatic rings. The molecular weight excluding hydrogens is 150 g/mol. The summed E-state index contributed by atoms with van der Waals surface area (Å²) in [6, 6.07) is -0.00472. The molecule has 0 spiro atoms. The molecule has 0 saturated carbocycles. The van der Waals surface area contributed by atoms with Crippen LogP contribution in [0, 0.1) is 12.3 Å². The molecule has 12 heavy (non-hydrogen) atoms. The molecule has 0 radical (unpaired) electrons. The number of hydrogen-bond acceptors (Lipinski definition) is 2. The van der Waals surface area contributed by atoms with E-state index in [1.165, 1.54) is 0 Å². The first kappa shape index (κ1) is 11.5. The lowest BCUT2D eigenvalue weighted by Gasteiger charge is -2.21. The van der Waals surface area contributed by atoms with Crippen molar-refractivity contribution in [3.05, 3.63) is 0 Å². The van der Waals surface area contributed by atoms with Gasteiger partial charge in [-0.1, -0.05) is 13.3 Å². The smallest absolute Gasteiger partial charge is 0.0735 e. The van der Waals surface area contributed by atoms with Gasteiger partial charge in [0.25, 0.3) is 0 Å². The van der Waals surface area contributed by atoms with Crippen LogP contribution in [0.25, 0.3) is 0 Å². The predicted molar refractivity (Wildman–Crippen MR) is 51.7 cm³/mol. The van der Waals surface area contributed by atoms with Crippen molar-refractivity contribution < 1.29 is 4.74 Å². The zero-order valence-electron chi connectivity index (χ0n) is 8.05. The zero-order valence-corrected chi connectivity index (χ0v) is 8.05. The lowest BCUT2D eigenvalue weighted by atomic mass is 10.0. The van der Waals surface area contributed by atoms with E-state index < -0.39 is 0 Å². The van der Waals surface area contributed by atoms with E-state index >= 15 is 0 Å². The second-order valence-corrected chi connectivity index (χ2v) is 2.85. The summed E-state index contributed by atoms with van der Waals surface area (Å²) in [7, 11) is 0. The Labute approximate surface area is 75.5 Å². The van der Waals surface area contributed by atoms with Crippen LogP contribution in [0.4, 0.5) is 0 Å². The van der Waals surface area contributed by atoms with Gasteiger partial charge in [0, 0.05) is 19.1 Å². The summed E-state index contributed by atoms with van der Waals surface area (Å²) >= 11 is 0. The molecule has 0 saturated heterocycles. The number of terminal acetylenes is 1. The van der Waals surface area contributed by atoms with Crippen LogP contribution in [-0.2, 0) is 4.74 Å². The molecule has 0 aromatic heterocycles. The van der Waals surface area contributed by atoms with Gasteiger partial charge in [-0.3, -0.25) is 0 Å². The molecule has 2 heteroatoms. The maximum Gasteiger partial charge on any atom is 0.0735 e. The van der Waals surface area contributed by atoms with Gasteiger partial charge >= 0.3 is 0 Å². The molecule has 0 aliphatic carbocycles. The third-order valence-electron chi connectivity index (χ3n) is 1.79. The second-order valence-electron chi connectivity index (χ2n) is 2.85. The van der Waals surface area contributed by atoms with Crippen molar-refractivity contribution in [2.45, 2.75) is 45.3 Å². The van der Waals surface area contributed by atoms with E-state index in [4.69, 9.17) is 16.9 Å². The van der Waals surface area contributed by atoms with Crippen molar-refractivity contribution in [1.29, 1.82) is 0 Å². The van der Waals surface area contributed by atoms with Crippen LogP contribution in [0.15, 0.2) is 0 Å². The first-order chi connectivity index (χ1) is 5.76. The Kier molecular flexibility index (Phi) is 6.84. The highest BCUT2D eigenvalue weighted by Gasteiger charge is 2.15. The van der Waals surface area contributed by atoms with Gasteiger partial charge in [0.15, 0.2) is 0 Å². The molecule has 0 bridgehead atoms. The van der Waals surface area contributed by atoms with Crippen molar-refractivity contribution in [2.75, 3.05) is 6.61 Å². The van der Waals surface area contributed by atoms with Crippen molar-refractivity contribution in [3.8, 4) is 12.3 Å². The maximum atomic E-state index is 5.83. The summed E-state index contributed by atoms with van der Waals surface area (Å²) in [5, 5.41) is 0. The monoisotopic (exact) mass is 169 g/mol. The minimum absolute atomic E-state index is 0.00472. The molecule has 2 atom stereocenters. The third-order valence-corrected chi connectivity index (χ3v) is 1.79. The second kappa shape index (κ2) is 7.15. The summed E-state index contributed by atoms with van der Waals surface area (Å²) in [5.41, 5.74) is 5.83. The van der Waals surface area contributed by atoms with Crippen LogP contribution >= 0.6 is 0 Å². The molecule has 0 rings (SSSR count). The highest BCUT2D eigenvalue weighted by atomic mass is 16.5. The maximum absolute atomic E-state index is 5.83. The average molecular weight is 169 g/mol. The zero-order chi connectivity index (χ0) is 9.40. The van der Waals surface area contributed by atoms with E-state index in [0.29, 0.717) is 13.0 Å². The average Bonchev–Trinajstić information content (AvgIpc) is 2.04. The highest BCUT2D eigenvalue weighted by Crippen LogP contribution is 2.07. The minimum atomic E-state index is -0.00472. The van der Waals surface area contributed by atoms with E-state index in [1.807, 2.05) is 6.92 Å². The normalized spacial score (nSPS) is 15.2. The molecular formula is C10H19NO. The SMILES string of the molecule is C#CCC(N)C(CCC)OCC. The quantitative estimate of drug-likeness (QED) is 0.612. The van der Waals surface area contributed by atoms with Crippen LogP contribution < -0.4 is 5.73 Å². The van der Waals surface area contributed by atoms with Gasteiger partial charge in [0.05, 0.1) is 6.10 Å². The molecule has 0 fully saturated rings. The molecule has 2 N–H and O–H groups in total. The number of rotatable bonds is 6. The van der Waals surface area contributed by atoms with Crippen molar-refractivity contribution in [1.82, 2.24) is 0 Å². The van der Waals surface area contributed by atoms with E-state index in [-0.39, 0.29) is 12.1 Å². The van der Waals surface area contributed by atoms with Gasteiger partial charge < -0.3 is 10.5 Å². The highest BCUT2D eigenvalue weighted by molar-refractivity contribution is 4.91. The Morgan fingerprint density at radius 2 is 2.17 bits per heavy atom. The van der Waals surface area contributed by atoms with Crippen LogP contribution in [0.3, 0.4) is 0 Å². The van der Waals surface area contributed by atoms with E-state index in [9.17, 15) is 0 Å². The molecule has 2 nitrogen and oxygen atoms in total. The van der Waals surface area contributed by atoms with Crippen LogP contribution in [0.1, 0.15) is 33.1 Å². The lowest BCUT2D eigenvalue weighted by molar-refractivity contribution is 0.0389. The number of nitrogens with two attached hydrogens (primary N) is 1.